The summed E-state index contributed by atoms with van der Waals surface area (Å²) in [5.74, 6) is 0.644. The van der Waals surface area contributed by atoms with Gasteiger partial charge < -0.3 is 15.6 Å². The third-order valence-corrected chi connectivity index (χ3v) is 5.24. The third kappa shape index (κ3) is 2.31. The molecule has 0 unspecified atom stereocenters. The number of hydrogen-bond donors (Lipinski definition) is 2. The van der Waals surface area contributed by atoms with Crippen molar-refractivity contribution in [2.75, 3.05) is 12.8 Å². The van der Waals surface area contributed by atoms with Gasteiger partial charge in [0.2, 0.25) is 5.88 Å². The van der Waals surface area contributed by atoms with Crippen LogP contribution in [0.25, 0.3) is 38.6 Å². The number of anilines is 1. The Morgan fingerprint density at radius 1 is 1.21 bits per heavy atom. The zero-order chi connectivity index (χ0) is 20.1. The number of allylic oxidation sites excluding steroid dienone is 4. The van der Waals surface area contributed by atoms with Crippen molar-refractivity contribution in [3.63, 3.8) is 0 Å². The number of nitriles is 1. The first-order valence-corrected chi connectivity index (χ1v) is 9.02. The van der Waals surface area contributed by atoms with Crippen molar-refractivity contribution in [3.05, 3.63) is 66.4 Å². The lowest BCUT2D eigenvalue weighted by atomic mass is 9.96. The summed E-state index contributed by atoms with van der Waals surface area (Å²) in [5, 5.41) is 21.6. The number of benzene rings is 2. The van der Waals surface area contributed by atoms with E-state index in [9.17, 15) is 10.4 Å². The van der Waals surface area contributed by atoms with E-state index in [0.29, 0.717) is 44.4 Å². The summed E-state index contributed by atoms with van der Waals surface area (Å²) in [6.45, 7) is 0. The minimum atomic E-state index is 0.0582. The summed E-state index contributed by atoms with van der Waals surface area (Å²) in [5.41, 5.74) is 10.9. The van der Waals surface area contributed by atoms with Gasteiger partial charge in [-0.05, 0) is 24.3 Å². The van der Waals surface area contributed by atoms with Crippen molar-refractivity contribution in [1.82, 2.24) is 9.55 Å². The molecule has 0 atom stereocenters. The maximum absolute atomic E-state index is 10.7. The number of nitrogen functional groups attached to an aromatic ring is 1. The molecule has 0 spiro atoms. The number of aromatic hydroxyl groups is 1. The maximum Gasteiger partial charge on any atom is 0.207 e. The van der Waals surface area contributed by atoms with Crippen molar-refractivity contribution in [2.45, 2.75) is 0 Å². The first-order valence-electron chi connectivity index (χ1n) is 9.02. The highest BCUT2D eigenvalue weighted by Gasteiger charge is 2.21. The maximum atomic E-state index is 10.7. The van der Waals surface area contributed by atoms with E-state index in [2.05, 4.69) is 6.07 Å². The van der Waals surface area contributed by atoms with Gasteiger partial charge in [0.05, 0.1) is 40.8 Å². The van der Waals surface area contributed by atoms with Gasteiger partial charge in [-0.15, -0.1) is 0 Å². The second-order valence-electron chi connectivity index (χ2n) is 6.76. The van der Waals surface area contributed by atoms with E-state index in [4.69, 9.17) is 15.5 Å². The summed E-state index contributed by atoms with van der Waals surface area (Å²) in [6.07, 6.45) is 7.46. The first kappa shape index (κ1) is 16.9. The lowest BCUT2D eigenvalue weighted by molar-refractivity contribution is 0.416. The van der Waals surface area contributed by atoms with Gasteiger partial charge in [-0.25, -0.2) is 4.98 Å². The molecule has 4 aromatic rings. The van der Waals surface area contributed by atoms with Crippen molar-refractivity contribution in [2.24, 2.45) is 0 Å². The molecule has 3 N–H and O–H groups in total. The summed E-state index contributed by atoms with van der Waals surface area (Å²) in [4.78, 5) is 4.81. The molecule has 0 aliphatic heterocycles. The normalized spacial score (nSPS) is 12.6. The van der Waals surface area contributed by atoms with E-state index in [-0.39, 0.29) is 5.88 Å². The van der Waals surface area contributed by atoms with Crippen LogP contribution in [-0.2, 0) is 0 Å². The largest absolute Gasteiger partial charge is 0.496 e. The molecule has 2 heterocycles. The number of nitrogens with two attached hydrogens (primary N) is 1. The van der Waals surface area contributed by atoms with E-state index < -0.39 is 0 Å². The molecule has 2 aromatic carbocycles. The minimum Gasteiger partial charge on any atom is -0.496 e. The number of methoxy groups -OCH3 is 1. The van der Waals surface area contributed by atoms with Crippen LogP contribution in [0.4, 0.5) is 5.69 Å². The van der Waals surface area contributed by atoms with E-state index >= 15 is 0 Å². The first-order chi connectivity index (χ1) is 14.1. The van der Waals surface area contributed by atoms with Crippen LogP contribution in [0.2, 0.25) is 0 Å². The molecule has 5 rings (SSSR count). The second kappa shape index (κ2) is 6.14. The molecule has 0 fully saturated rings. The lowest BCUT2D eigenvalue weighted by Crippen LogP contribution is -1.96. The summed E-state index contributed by atoms with van der Waals surface area (Å²) >= 11 is 0. The lowest BCUT2D eigenvalue weighted by Gasteiger charge is -2.13. The van der Waals surface area contributed by atoms with E-state index in [1.165, 1.54) is 0 Å². The molecule has 0 amide bonds. The number of rotatable bonds is 3. The Balaban J connectivity index is 1.88. The van der Waals surface area contributed by atoms with Gasteiger partial charge in [0.15, 0.2) is 0 Å². The molecule has 2 aromatic heterocycles. The van der Waals surface area contributed by atoms with Gasteiger partial charge in [0, 0.05) is 28.4 Å². The molecule has 0 radical (unpaired) electrons. The van der Waals surface area contributed by atoms with Gasteiger partial charge in [0.1, 0.15) is 5.75 Å². The van der Waals surface area contributed by atoms with Gasteiger partial charge in [-0.2, -0.15) is 5.26 Å². The van der Waals surface area contributed by atoms with E-state index in [0.717, 1.165) is 11.3 Å². The average Bonchev–Trinajstić information content (AvgIpc) is 3.02. The van der Waals surface area contributed by atoms with Crippen molar-refractivity contribution in [3.8, 4) is 28.8 Å². The quantitative estimate of drug-likeness (QED) is 0.548. The fourth-order valence-electron chi connectivity index (χ4n) is 3.78. The molecular weight excluding hydrogens is 364 g/mol. The van der Waals surface area contributed by atoms with Crippen LogP contribution in [0.15, 0.2) is 60.8 Å². The number of nitrogens with zero attached hydrogens (tertiary/aromatic N) is 3. The SMILES string of the molecule is COc1cccc(C#N)c1-c1cccc2c(N)c3c(O)n(C4=CC=C4)cc3nc12. The number of fused-ring (bicyclic) bond motifs is 2. The zero-order valence-corrected chi connectivity index (χ0v) is 15.5. The predicted octanol–water partition coefficient (Wildman–Crippen LogP) is 4.44. The van der Waals surface area contributed by atoms with E-state index in [1.54, 1.807) is 30.0 Å². The van der Waals surface area contributed by atoms with Gasteiger partial charge >= 0.3 is 0 Å². The fourth-order valence-corrected chi connectivity index (χ4v) is 3.78. The van der Waals surface area contributed by atoms with Crippen LogP contribution in [0.1, 0.15) is 5.56 Å². The zero-order valence-electron chi connectivity index (χ0n) is 15.5. The number of hydrogen-bond acceptors (Lipinski definition) is 5. The van der Waals surface area contributed by atoms with Crippen LogP contribution in [0.3, 0.4) is 0 Å². The van der Waals surface area contributed by atoms with Crippen LogP contribution in [-0.4, -0.2) is 21.8 Å². The highest BCUT2D eigenvalue weighted by molar-refractivity contribution is 6.13. The Labute approximate surface area is 166 Å². The van der Waals surface area contributed by atoms with Gasteiger partial charge in [-0.3, -0.25) is 4.57 Å². The van der Waals surface area contributed by atoms with Gasteiger partial charge in [0.25, 0.3) is 0 Å². The topological polar surface area (TPSA) is 97.1 Å². The molecule has 0 bridgehead atoms. The van der Waals surface area contributed by atoms with Crippen LogP contribution in [0, 0.1) is 11.3 Å². The fraction of sp³-hybridized carbons (Fsp3) is 0.0435. The average molecular weight is 380 g/mol. The summed E-state index contributed by atoms with van der Waals surface area (Å²) < 4.78 is 7.18. The number of aromatic nitrogens is 2. The Morgan fingerprint density at radius 2 is 2.00 bits per heavy atom. The molecule has 29 heavy (non-hydrogen) atoms. The Kier molecular flexibility index (Phi) is 3.58. The highest BCUT2D eigenvalue weighted by Crippen LogP contribution is 2.42. The highest BCUT2D eigenvalue weighted by atomic mass is 16.5. The molecule has 1 aliphatic carbocycles. The number of para-hydroxylation sites is 1. The van der Waals surface area contributed by atoms with Crippen LogP contribution >= 0.6 is 0 Å². The van der Waals surface area contributed by atoms with Crippen molar-refractivity contribution in [1.29, 1.82) is 5.26 Å². The molecule has 140 valence electrons. The molecule has 1 aliphatic rings. The Hall–Kier alpha value is -4.24. The molecule has 6 heteroatoms. The second-order valence-corrected chi connectivity index (χ2v) is 6.76. The predicted molar refractivity (Wildman–Crippen MR) is 113 cm³/mol. The van der Waals surface area contributed by atoms with E-state index in [1.807, 2.05) is 42.5 Å². The number of pyridine rings is 1. The van der Waals surface area contributed by atoms with Gasteiger partial charge in [-0.1, -0.05) is 30.3 Å². The number of ether oxygens (including phenoxy) is 1. The summed E-state index contributed by atoms with van der Waals surface area (Å²) in [7, 11) is 1.57. The smallest absolute Gasteiger partial charge is 0.207 e. The Bertz CT molecular complexity index is 1420. The summed E-state index contributed by atoms with van der Waals surface area (Å²) in [6, 6.07) is 13.2. The third-order valence-electron chi connectivity index (χ3n) is 5.24. The monoisotopic (exact) mass is 380 g/mol. The van der Waals surface area contributed by atoms with Crippen LogP contribution in [0.5, 0.6) is 11.6 Å². The molecule has 0 saturated carbocycles. The molecule has 6 nitrogen and oxygen atoms in total. The minimum absolute atomic E-state index is 0.0582. The molecular formula is C23H16N4O2. The Morgan fingerprint density at radius 3 is 2.69 bits per heavy atom. The standard InChI is InChI=1S/C23H16N4O2/c1-29-18-10-2-5-13(11-24)19(18)15-8-4-9-16-21(25)20-17(26-22(15)16)12-27(23(20)28)14-6-3-7-14/h2-10,12,28H,25H2,1H3. The molecule has 0 saturated heterocycles. The van der Waals surface area contributed by atoms with Crippen molar-refractivity contribution < 1.29 is 9.84 Å². The van der Waals surface area contributed by atoms with Crippen LogP contribution < -0.4 is 10.5 Å². The van der Waals surface area contributed by atoms with Crippen molar-refractivity contribution >= 4 is 33.2 Å².